The number of hydrogen-bond acceptors (Lipinski definition) is 4. The van der Waals surface area contributed by atoms with E-state index in [1.165, 1.54) is 5.56 Å². The molecular weight excluding hydrogens is 316 g/mol. The van der Waals surface area contributed by atoms with Crippen LogP contribution in [0.5, 0.6) is 0 Å². The lowest BCUT2D eigenvalue weighted by Gasteiger charge is -2.15. The van der Waals surface area contributed by atoms with Crippen LogP contribution in [0.15, 0.2) is 46.9 Å². The normalized spacial score (nSPS) is 20.3. The van der Waals surface area contributed by atoms with Gasteiger partial charge in [0.1, 0.15) is 12.4 Å². The number of furan rings is 1. The molecule has 3 rings (SSSR count). The molecule has 2 heterocycles. The largest absolute Gasteiger partial charge is 0.453 e. The van der Waals surface area contributed by atoms with Gasteiger partial charge in [-0.25, -0.2) is 0 Å². The first kappa shape index (κ1) is 17.5. The van der Waals surface area contributed by atoms with Crippen LogP contribution in [0, 0.1) is 0 Å². The molecule has 0 saturated carbocycles. The number of hydrogen-bond donors (Lipinski definition) is 1. The Morgan fingerprint density at radius 1 is 1.26 bits per heavy atom. The van der Waals surface area contributed by atoms with Crippen molar-refractivity contribution < 1.29 is 13.9 Å². The third-order valence-corrected chi connectivity index (χ3v) is 4.04. The predicted octanol–water partition coefficient (Wildman–Crippen LogP) is 2.41. The number of methoxy groups -OCH3 is 1. The molecule has 2 N–H and O–H groups in total. The van der Waals surface area contributed by atoms with Gasteiger partial charge in [-0.15, -0.1) is 12.4 Å². The number of rotatable bonds is 4. The molecule has 1 aromatic heterocycles. The van der Waals surface area contributed by atoms with Gasteiger partial charge in [0.05, 0.1) is 0 Å². The van der Waals surface area contributed by atoms with Gasteiger partial charge in [-0.05, 0) is 17.7 Å². The van der Waals surface area contributed by atoms with E-state index in [-0.39, 0.29) is 30.3 Å². The maximum atomic E-state index is 12.5. The quantitative estimate of drug-likeness (QED) is 0.931. The number of benzene rings is 1. The first-order valence-electron chi connectivity index (χ1n) is 7.36. The van der Waals surface area contributed by atoms with E-state index in [9.17, 15) is 4.79 Å². The van der Waals surface area contributed by atoms with E-state index in [2.05, 4.69) is 12.1 Å². The molecule has 1 aliphatic heterocycles. The summed E-state index contributed by atoms with van der Waals surface area (Å²) < 4.78 is 10.5. The molecule has 1 saturated heterocycles. The lowest BCUT2D eigenvalue weighted by atomic mass is 9.95. The lowest BCUT2D eigenvalue weighted by molar-refractivity contribution is 0.0749. The van der Waals surface area contributed by atoms with E-state index in [1.807, 2.05) is 18.2 Å². The van der Waals surface area contributed by atoms with Gasteiger partial charge in [0.2, 0.25) is 0 Å². The molecule has 0 spiro atoms. The number of nitrogens with zero attached hydrogens (tertiary/aromatic N) is 1. The van der Waals surface area contributed by atoms with Crippen LogP contribution in [-0.4, -0.2) is 37.0 Å². The minimum atomic E-state index is -0.115. The van der Waals surface area contributed by atoms with Crippen LogP contribution in [0.25, 0.3) is 0 Å². The summed E-state index contributed by atoms with van der Waals surface area (Å²) in [6, 6.07) is 13.5. The van der Waals surface area contributed by atoms with Gasteiger partial charge in [-0.1, -0.05) is 30.3 Å². The second kappa shape index (κ2) is 7.64. The van der Waals surface area contributed by atoms with Crippen molar-refractivity contribution in [2.45, 2.75) is 18.6 Å². The molecule has 0 bridgehead atoms. The van der Waals surface area contributed by atoms with E-state index in [0.717, 1.165) is 0 Å². The third kappa shape index (κ3) is 3.75. The zero-order valence-corrected chi connectivity index (χ0v) is 13.8. The summed E-state index contributed by atoms with van der Waals surface area (Å²) in [7, 11) is 1.59. The van der Waals surface area contributed by atoms with Crippen molar-refractivity contribution in [1.82, 2.24) is 4.90 Å². The summed E-state index contributed by atoms with van der Waals surface area (Å²) in [4.78, 5) is 14.3. The maximum Gasteiger partial charge on any atom is 0.289 e. The Labute approximate surface area is 141 Å². The number of carbonyl (C=O) groups excluding carboxylic acids is 1. The highest BCUT2D eigenvalue weighted by Gasteiger charge is 2.35. The van der Waals surface area contributed by atoms with Gasteiger partial charge in [0.25, 0.3) is 5.91 Å². The molecule has 1 fully saturated rings. The van der Waals surface area contributed by atoms with Crippen molar-refractivity contribution >= 4 is 18.3 Å². The van der Waals surface area contributed by atoms with E-state index in [0.29, 0.717) is 31.2 Å². The average molecular weight is 337 g/mol. The molecule has 0 unspecified atom stereocenters. The van der Waals surface area contributed by atoms with Crippen LogP contribution in [0.4, 0.5) is 0 Å². The zero-order chi connectivity index (χ0) is 15.5. The molecule has 0 radical (unpaired) electrons. The maximum absolute atomic E-state index is 12.5. The highest BCUT2D eigenvalue weighted by molar-refractivity contribution is 5.91. The fraction of sp³-hybridized carbons (Fsp3) is 0.353. The van der Waals surface area contributed by atoms with Crippen molar-refractivity contribution in [3.05, 3.63) is 59.5 Å². The van der Waals surface area contributed by atoms with Gasteiger partial charge >= 0.3 is 0 Å². The molecule has 2 aromatic rings. The summed E-state index contributed by atoms with van der Waals surface area (Å²) >= 11 is 0. The van der Waals surface area contributed by atoms with Crippen molar-refractivity contribution in [2.75, 3.05) is 20.2 Å². The van der Waals surface area contributed by atoms with Crippen LogP contribution < -0.4 is 5.73 Å². The van der Waals surface area contributed by atoms with Crippen molar-refractivity contribution in [3.63, 3.8) is 0 Å². The van der Waals surface area contributed by atoms with Gasteiger partial charge in [0.15, 0.2) is 5.76 Å². The molecule has 23 heavy (non-hydrogen) atoms. The van der Waals surface area contributed by atoms with Crippen molar-refractivity contribution in [3.8, 4) is 0 Å². The third-order valence-electron chi connectivity index (χ3n) is 4.04. The number of amides is 1. The monoisotopic (exact) mass is 336 g/mol. The van der Waals surface area contributed by atoms with Gasteiger partial charge < -0.3 is 19.8 Å². The molecule has 124 valence electrons. The van der Waals surface area contributed by atoms with Crippen LogP contribution in [0.3, 0.4) is 0 Å². The molecule has 5 nitrogen and oxygen atoms in total. The molecular formula is C17H21ClN2O3. The Morgan fingerprint density at radius 2 is 2.00 bits per heavy atom. The minimum Gasteiger partial charge on any atom is -0.453 e. The second-order valence-corrected chi connectivity index (χ2v) is 5.59. The fourth-order valence-corrected chi connectivity index (χ4v) is 2.92. The zero-order valence-electron chi connectivity index (χ0n) is 13.0. The average Bonchev–Trinajstić information content (AvgIpc) is 3.15. The number of ether oxygens (including phenoxy) is 1. The van der Waals surface area contributed by atoms with Crippen molar-refractivity contribution in [1.29, 1.82) is 0 Å². The SMILES string of the molecule is COCc1ccc(C(=O)N2C[C@@H](N)[C@H](c3ccccc3)C2)o1.Cl. The summed E-state index contributed by atoms with van der Waals surface area (Å²) in [5.74, 6) is 1.04. The second-order valence-electron chi connectivity index (χ2n) is 5.59. The van der Waals surface area contributed by atoms with Gasteiger partial charge in [0, 0.05) is 32.2 Å². The summed E-state index contributed by atoms with van der Waals surface area (Å²) in [5.41, 5.74) is 7.40. The molecule has 0 aliphatic carbocycles. The summed E-state index contributed by atoms with van der Waals surface area (Å²) in [6.07, 6.45) is 0. The Kier molecular flexibility index (Phi) is 5.82. The van der Waals surface area contributed by atoms with Crippen LogP contribution in [-0.2, 0) is 11.3 Å². The molecule has 1 amide bonds. The number of likely N-dealkylation sites (tertiary alicyclic amines) is 1. The van der Waals surface area contributed by atoms with E-state index in [1.54, 1.807) is 24.1 Å². The predicted molar refractivity (Wildman–Crippen MR) is 89.7 cm³/mol. The standard InChI is InChI=1S/C17H20N2O3.ClH/c1-21-11-13-7-8-16(22-13)17(20)19-9-14(15(18)10-19)12-5-3-2-4-6-12;/h2-8,14-15H,9-11,18H2,1H3;1H/t14-,15+;/m0./s1. The summed E-state index contributed by atoms with van der Waals surface area (Å²) in [6.45, 7) is 1.52. The highest BCUT2D eigenvalue weighted by atomic mass is 35.5. The Balaban J connectivity index is 0.00000192. The van der Waals surface area contributed by atoms with E-state index < -0.39 is 0 Å². The minimum absolute atomic E-state index is 0. The van der Waals surface area contributed by atoms with Crippen LogP contribution in [0.1, 0.15) is 27.8 Å². The number of halogens is 1. The van der Waals surface area contributed by atoms with E-state index >= 15 is 0 Å². The summed E-state index contributed by atoms with van der Waals surface area (Å²) in [5, 5.41) is 0. The molecule has 2 atom stereocenters. The van der Waals surface area contributed by atoms with Crippen LogP contribution in [0.2, 0.25) is 0 Å². The lowest BCUT2D eigenvalue weighted by Crippen LogP contribution is -2.32. The Morgan fingerprint density at radius 3 is 2.70 bits per heavy atom. The van der Waals surface area contributed by atoms with Crippen LogP contribution >= 0.6 is 12.4 Å². The van der Waals surface area contributed by atoms with Gasteiger partial charge in [-0.3, -0.25) is 4.79 Å². The fourth-order valence-electron chi connectivity index (χ4n) is 2.92. The smallest absolute Gasteiger partial charge is 0.289 e. The molecule has 6 heteroatoms. The molecule has 1 aromatic carbocycles. The first-order valence-corrected chi connectivity index (χ1v) is 7.36. The first-order chi connectivity index (χ1) is 10.7. The Bertz CT molecular complexity index is 644. The topological polar surface area (TPSA) is 68.7 Å². The van der Waals surface area contributed by atoms with Crippen molar-refractivity contribution in [2.24, 2.45) is 5.73 Å². The number of carbonyl (C=O) groups is 1. The molecule has 1 aliphatic rings. The Hall–Kier alpha value is -1.82. The van der Waals surface area contributed by atoms with E-state index in [4.69, 9.17) is 14.9 Å². The highest BCUT2D eigenvalue weighted by Crippen LogP contribution is 2.27. The van der Waals surface area contributed by atoms with Gasteiger partial charge in [-0.2, -0.15) is 0 Å². The number of nitrogens with two attached hydrogens (primary N) is 1.